The first-order chi connectivity index (χ1) is 4.27. The number of alkyl halides is 3. The topological polar surface area (TPSA) is 0 Å². The molecule has 0 aromatic heterocycles. The van der Waals surface area contributed by atoms with Gasteiger partial charge in [0, 0.05) is 0 Å². The average molecular weight is 168 g/mol. The maximum absolute atomic E-state index is 11.6. The van der Waals surface area contributed by atoms with Crippen LogP contribution in [0.15, 0.2) is 0 Å². The Hall–Kier alpha value is -0.300. The van der Waals surface area contributed by atoms with E-state index in [4.69, 9.17) is 6.42 Å². The van der Waals surface area contributed by atoms with Crippen molar-refractivity contribution < 1.29 is 13.2 Å². The van der Waals surface area contributed by atoms with Crippen molar-refractivity contribution in [2.45, 2.75) is 24.1 Å². The van der Waals surface area contributed by atoms with Crippen molar-refractivity contribution in [2.24, 2.45) is 0 Å². The van der Waals surface area contributed by atoms with Crippen molar-refractivity contribution >= 4 is 11.8 Å². The van der Waals surface area contributed by atoms with Gasteiger partial charge >= 0.3 is 5.51 Å². The van der Waals surface area contributed by atoms with Gasteiger partial charge in [-0.25, -0.2) is 0 Å². The number of hydrogen-bond acceptors (Lipinski definition) is 1. The molecular formula is C6H7F3S. The van der Waals surface area contributed by atoms with E-state index < -0.39 is 10.3 Å². The number of thioether (sulfide) groups is 1. The Morgan fingerprint density at radius 3 is 1.80 bits per heavy atom. The van der Waals surface area contributed by atoms with E-state index in [1.165, 1.54) is 13.8 Å². The molecule has 0 N–H and O–H groups in total. The van der Waals surface area contributed by atoms with Crippen molar-refractivity contribution in [3.63, 3.8) is 0 Å². The normalized spacial score (nSPS) is 12.8. The lowest BCUT2D eigenvalue weighted by Crippen LogP contribution is -2.18. The summed E-state index contributed by atoms with van der Waals surface area (Å²) in [6.07, 6.45) is 4.84. The minimum atomic E-state index is -4.24. The number of hydrogen-bond donors (Lipinski definition) is 0. The molecule has 0 atom stereocenters. The summed E-state index contributed by atoms with van der Waals surface area (Å²) in [7, 11) is 0. The number of terminal acetylenes is 1. The van der Waals surface area contributed by atoms with Gasteiger partial charge in [-0.05, 0) is 25.6 Å². The van der Waals surface area contributed by atoms with Crippen LogP contribution in [0.1, 0.15) is 13.8 Å². The molecule has 0 nitrogen and oxygen atoms in total. The van der Waals surface area contributed by atoms with Crippen LogP contribution in [0.4, 0.5) is 13.2 Å². The molecule has 0 spiro atoms. The monoisotopic (exact) mass is 168 g/mol. The van der Waals surface area contributed by atoms with Gasteiger partial charge in [-0.2, -0.15) is 13.2 Å². The summed E-state index contributed by atoms with van der Waals surface area (Å²) in [6.45, 7) is 2.70. The zero-order valence-corrected chi connectivity index (χ0v) is 6.44. The minimum absolute atomic E-state index is 0.177. The fourth-order valence-electron chi connectivity index (χ4n) is 0.319. The molecule has 0 aromatic rings. The van der Waals surface area contributed by atoms with Gasteiger partial charge in [-0.15, -0.1) is 6.42 Å². The van der Waals surface area contributed by atoms with Crippen molar-refractivity contribution in [1.82, 2.24) is 0 Å². The van der Waals surface area contributed by atoms with Crippen LogP contribution in [0.5, 0.6) is 0 Å². The highest BCUT2D eigenvalue weighted by atomic mass is 32.2. The molecular weight excluding hydrogens is 161 g/mol. The Morgan fingerprint density at radius 2 is 1.70 bits per heavy atom. The van der Waals surface area contributed by atoms with Crippen LogP contribution >= 0.6 is 11.8 Å². The molecule has 0 aliphatic rings. The van der Waals surface area contributed by atoms with Gasteiger partial charge in [0.1, 0.15) is 0 Å². The molecule has 4 heteroatoms. The van der Waals surface area contributed by atoms with Gasteiger partial charge in [0.2, 0.25) is 0 Å². The van der Waals surface area contributed by atoms with Crippen molar-refractivity contribution in [2.75, 3.05) is 0 Å². The predicted octanol–water partition coefficient (Wildman–Crippen LogP) is 2.65. The fourth-order valence-corrected chi connectivity index (χ4v) is 0.956. The highest BCUT2D eigenvalue weighted by Gasteiger charge is 2.36. The van der Waals surface area contributed by atoms with Crippen LogP contribution in [0, 0.1) is 12.3 Å². The zero-order chi connectivity index (χ0) is 8.41. The summed E-state index contributed by atoms with van der Waals surface area (Å²) in [5.41, 5.74) is -4.24. The summed E-state index contributed by atoms with van der Waals surface area (Å²) < 4.78 is 33.7. The second kappa shape index (κ2) is 2.75. The zero-order valence-electron chi connectivity index (χ0n) is 5.62. The summed E-state index contributed by atoms with van der Waals surface area (Å²) in [6, 6.07) is 0. The smallest absolute Gasteiger partial charge is 0.160 e. The van der Waals surface area contributed by atoms with Crippen LogP contribution in [-0.4, -0.2) is 10.3 Å². The third kappa shape index (κ3) is 4.57. The first kappa shape index (κ1) is 9.70. The van der Waals surface area contributed by atoms with Crippen LogP contribution < -0.4 is 0 Å². The van der Waals surface area contributed by atoms with E-state index in [1.54, 1.807) is 0 Å². The Morgan fingerprint density at radius 1 is 1.30 bits per heavy atom. The molecule has 10 heavy (non-hydrogen) atoms. The first-order valence-electron chi connectivity index (χ1n) is 2.51. The Bertz CT molecular complexity index is 151. The Balaban J connectivity index is 4.05. The molecule has 0 unspecified atom stereocenters. The van der Waals surface area contributed by atoms with E-state index in [1.807, 2.05) is 5.92 Å². The molecule has 0 amide bonds. The van der Waals surface area contributed by atoms with Gasteiger partial charge in [-0.1, -0.05) is 5.92 Å². The van der Waals surface area contributed by atoms with Gasteiger partial charge in [0.25, 0.3) is 0 Å². The minimum Gasteiger partial charge on any atom is -0.160 e. The largest absolute Gasteiger partial charge is 0.443 e. The van der Waals surface area contributed by atoms with Crippen molar-refractivity contribution in [3.05, 3.63) is 0 Å². The highest BCUT2D eigenvalue weighted by Crippen LogP contribution is 2.39. The molecule has 0 radical (unpaired) electrons. The second-order valence-corrected chi connectivity index (χ2v) is 3.89. The standard InChI is InChI=1S/C6H7F3S/c1-4-5(2,3)10-6(7,8)9/h1H,2-3H3. The maximum Gasteiger partial charge on any atom is 0.443 e. The van der Waals surface area contributed by atoms with E-state index in [0.717, 1.165) is 0 Å². The predicted molar refractivity (Wildman–Crippen MR) is 36.6 cm³/mol. The molecule has 0 aliphatic carbocycles. The van der Waals surface area contributed by atoms with Crippen LogP contribution in [0.25, 0.3) is 0 Å². The lowest BCUT2D eigenvalue weighted by molar-refractivity contribution is -0.0336. The third-order valence-electron chi connectivity index (χ3n) is 0.718. The summed E-state index contributed by atoms with van der Waals surface area (Å²) in [4.78, 5) is 0. The van der Waals surface area contributed by atoms with E-state index in [-0.39, 0.29) is 11.8 Å². The van der Waals surface area contributed by atoms with Gasteiger partial charge in [0.15, 0.2) is 0 Å². The fraction of sp³-hybridized carbons (Fsp3) is 0.667. The van der Waals surface area contributed by atoms with E-state index >= 15 is 0 Å². The Labute approximate surface area is 62.2 Å². The average Bonchev–Trinajstić information content (AvgIpc) is 1.60. The lowest BCUT2D eigenvalue weighted by atomic mass is 10.2. The van der Waals surface area contributed by atoms with Gasteiger partial charge in [-0.3, -0.25) is 0 Å². The molecule has 0 rings (SSSR count). The van der Waals surface area contributed by atoms with Crippen LogP contribution in [-0.2, 0) is 0 Å². The second-order valence-electron chi connectivity index (χ2n) is 2.20. The van der Waals surface area contributed by atoms with Crippen molar-refractivity contribution in [3.8, 4) is 12.3 Å². The molecule has 58 valence electrons. The summed E-state index contributed by atoms with van der Waals surface area (Å²) in [5.74, 6) is 2.04. The quantitative estimate of drug-likeness (QED) is 0.542. The lowest BCUT2D eigenvalue weighted by Gasteiger charge is -2.17. The van der Waals surface area contributed by atoms with Crippen LogP contribution in [0.2, 0.25) is 0 Å². The van der Waals surface area contributed by atoms with E-state index in [2.05, 4.69) is 0 Å². The molecule has 0 saturated carbocycles. The third-order valence-corrected chi connectivity index (χ3v) is 1.58. The maximum atomic E-state index is 11.6. The number of rotatable bonds is 1. The first-order valence-corrected chi connectivity index (χ1v) is 3.33. The van der Waals surface area contributed by atoms with E-state index in [9.17, 15) is 13.2 Å². The summed E-state index contributed by atoms with van der Waals surface area (Å²) >= 11 is -0.177. The Kier molecular flexibility index (Phi) is 2.67. The van der Waals surface area contributed by atoms with Gasteiger partial charge < -0.3 is 0 Å². The van der Waals surface area contributed by atoms with Crippen LogP contribution in [0.3, 0.4) is 0 Å². The molecule has 0 bridgehead atoms. The van der Waals surface area contributed by atoms with E-state index in [0.29, 0.717) is 0 Å². The molecule has 0 aromatic carbocycles. The highest BCUT2D eigenvalue weighted by molar-refractivity contribution is 8.01. The van der Waals surface area contributed by atoms with Crippen molar-refractivity contribution in [1.29, 1.82) is 0 Å². The molecule has 0 saturated heterocycles. The summed E-state index contributed by atoms with van der Waals surface area (Å²) in [5, 5.41) is 0. The molecule has 0 heterocycles. The van der Waals surface area contributed by atoms with Gasteiger partial charge in [0.05, 0.1) is 4.75 Å². The number of halogens is 3. The molecule has 0 aliphatic heterocycles. The SMILES string of the molecule is C#CC(C)(C)SC(F)(F)F. The molecule has 0 fully saturated rings.